The van der Waals surface area contributed by atoms with Crippen LogP contribution in [-0.4, -0.2) is 19.7 Å². The van der Waals surface area contributed by atoms with Crippen LogP contribution in [0, 0.1) is 0 Å². The molecule has 2 aromatic rings. The maximum absolute atomic E-state index is 4.32. The molecule has 0 fully saturated rings. The van der Waals surface area contributed by atoms with Crippen molar-refractivity contribution in [1.29, 1.82) is 0 Å². The third kappa shape index (κ3) is 1.64. The highest BCUT2D eigenvalue weighted by atomic mass is 15.3. The van der Waals surface area contributed by atoms with Gasteiger partial charge in [-0.05, 0) is 26.0 Å². The summed E-state index contributed by atoms with van der Waals surface area (Å²) >= 11 is 0. The van der Waals surface area contributed by atoms with E-state index in [-0.39, 0.29) is 0 Å². The van der Waals surface area contributed by atoms with E-state index in [1.807, 2.05) is 22.9 Å². The zero-order chi connectivity index (χ0) is 9.97. The van der Waals surface area contributed by atoms with Gasteiger partial charge in [-0.3, -0.25) is 4.98 Å². The minimum atomic E-state index is 0.333. The van der Waals surface area contributed by atoms with Crippen LogP contribution in [0.1, 0.15) is 19.9 Å². The highest BCUT2D eigenvalue weighted by molar-refractivity contribution is 5.46. The SMILES string of the molecule is CC(C)n1cnc(-c2ccccn2)n1. The molecule has 0 aliphatic rings. The van der Waals surface area contributed by atoms with Crippen molar-refractivity contribution in [3.8, 4) is 11.5 Å². The van der Waals surface area contributed by atoms with Crippen LogP contribution in [0.5, 0.6) is 0 Å². The lowest BCUT2D eigenvalue weighted by atomic mass is 10.3. The normalized spacial score (nSPS) is 10.8. The quantitative estimate of drug-likeness (QED) is 0.723. The molecule has 2 rings (SSSR count). The largest absolute Gasteiger partial charge is 0.253 e. The average Bonchev–Trinajstić information content (AvgIpc) is 2.68. The van der Waals surface area contributed by atoms with Gasteiger partial charge in [-0.1, -0.05) is 6.07 Å². The molecular formula is C10H12N4. The van der Waals surface area contributed by atoms with Crippen molar-refractivity contribution < 1.29 is 0 Å². The Morgan fingerprint density at radius 3 is 2.64 bits per heavy atom. The molecular weight excluding hydrogens is 176 g/mol. The molecule has 0 saturated carbocycles. The van der Waals surface area contributed by atoms with Crippen LogP contribution < -0.4 is 0 Å². The fourth-order valence-corrected chi connectivity index (χ4v) is 1.14. The molecule has 0 N–H and O–H groups in total. The lowest BCUT2D eigenvalue weighted by molar-refractivity contribution is 0.532. The Morgan fingerprint density at radius 1 is 1.21 bits per heavy atom. The van der Waals surface area contributed by atoms with Gasteiger partial charge < -0.3 is 0 Å². The molecule has 2 aromatic heterocycles. The molecule has 0 saturated heterocycles. The predicted octanol–water partition coefficient (Wildman–Crippen LogP) is 1.92. The van der Waals surface area contributed by atoms with Crippen LogP contribution in [0.2, 0.25) is 0 Å². The van der Waals surface area contributed by atoms with Crippen molar-refractivity contribution in [1.82, 2.24) is 19.7 Å². The first-order valence-corrected chi connectivity index (χ1v) is 4.60. The Balaban J connectivity index is 2.34. The molecule has 0 atom stereocenters. The van der Waals surface area contributed by atoms with E-state index in [9.17, 15) is 0 Å². The second kappa shape index (κ2) is 3.57. The minimum absolute atomic E-state index is 0.333. The number of rotatable bonds is 2. The number of aromatic nitrogens is 4. The first kappa shape index (κ1) is 8.87. The van der Waals surface area contributed by atoms with Gasteiger partial charge in [0, 0.05) is 12.2 Å². The Bertz CT molecular complexity index is 405. The predicted molar refractivity (Wildman–Crippen MR) is 53.6 cm³/mol. The maximum atomic E-state index is 4.32. The maximum Gasteiger partial charge on any atom is 0.199 e. The van der Waals surface area contributed by atoms with E-state index in [0.29, 0.717) is 11.9 Å². The van der Waals surface area contributed by atoms with Crippen molar-refractivity contribution in [2.24, 2.45) is 0 Å². The van der Waals surface area contributed by atoms with Crippen LogP contribution in [0.15, 0.2) is 30.7 Å². The molecule has 0 bridgehead atoms. The van der Waals surface area contributed by atoms with Crippen LogP contribution in [0.4, 0.5) is 0 Å². The monoisotopic (exact) mass is 188 g/mol. The fraction of sp³-hybridized carbons (Fsp3) is 0.300. The summed E-state index contributed by atoms with van der Waals surface area (Å²) in [5.41, 5.74) is 0.812. The lowest BCUT2D eigenvalue weighted by Crippen LogP contribution is -2.00. The zero-order valence-corrected chi connectivity index (χ0v) is 8.25. The Morgan fingerprint density at radius 2 is 2.07 bits per heavy atom. The molecule has 0 aliphatic heterocycles. The summed E-state index contributed by atoms with van der Waals surface area (Å²) in [7, 11) is 0. The summed E-state index contributed by atoms with van der Waals surface area (Å²) in [5, 5.41) is 4.32. The van der Waals surface area contributed by atoms with Crippen molar-refractivity contribution in [2.45, 2.75) is 19.9 Å². The average molecular weight is 188 g/mol. The molecule has 0 aromatic carbocycles. The molecule has 0 amide bonds. The third-order valence-corrected chi connectivity index (χ3v) is 1.93. The van der Waals surface area contributed by atoms with Gasteiger partial charge in [-0.25, -0.2) is 9.67 Å². The second-order valence-corrected chi connectivity index (χ2v) is 3.36. The molecule has 4 heteroatoms. The standard InChI is InChI=1S/C10H12N4/c1-8(2)14-7-12-10(13-14)9-5-3-4-6-11-9/h3-8H,1-2H3. The van der Waals surface area contributed by atoms with Gasteiger partial charge in [-0.2, -0.15) is 0 Å². The molecule has 0 unspecified atom stereocenters. The number of hydrogen-bond donors (Lipinski definition) is 0. The molecule has 14 heavy (non-hydrogen) atoms. The summed E-state index contributed by atoms with van der Waals surface area (Å²) in [5.74, 6) is 0.680. The second-order valence-electron chi connectivity index (χ2n) is 3.36. The van der Waals surface area contributed by atoms with Crippen LogP contribution in [0.25, 0.3) is 11.5 Å². The number of nitrogens with zero attached hydrogens (tertiary/aromatic N) is 4. The summed E-state index contributed by atoms with van der Waals surface area (Å²) < 4.78 is 1.82. The van der Waals surface area contributed by atoms with Gasteiger partial charge in [0.05, 0.1) is 0 Å². The van der Waals surface area contributed by atoms with Gasteiger partial charge in [0.25, 0.3) is 0 Å². The lowest BCUT2D eigenvalue weighted by Gasteiger charge is -2.01. The van der Waals surface area contributed by atoms with Crippen molar-refractivity contribution in [3.63, 3.8) is 0 Å². The molecule has 2 heterocycles. The van der Waals surface area contributed by atoms with Crippen LogP contribution in [0.3, 0.4) is 0 Å². The van der Waals surface area contributed by atoms with Gasteiger partial charge >= 0.3 is 0 Å². The van der Waals surface area contributed by atoms with Gasteiger partial charge in [0.15, 0.2) is 5.82 Å². The smallest absolute Gasteiger partial charge is 0.199 e. The molecule has 0 aliphatic carbocycles. The number of pyridine rings is 1. The highest BCUT2D eigenvalue weighted by Gasteiger charge is 2.05. The van der Waals surface area contributed by atoms with E-state index in [4.69, 9.17) is 0 Å². The molecule has 0 radical (unpaired) electrons. The van der Waals surface area contributed by atoms with Crippen molar-refractivity contribution >= 4 is 0 Å². The topological polar surface area (TPSA) is 43.6 Å². The highest BCUT2D eigenvalue weighted by Crippen LogP contribution is 2.11. The Kier molecular flexibility index (Phi) is 2.26. The van der Waals surface area contributed by atoms with E-state index >= 15 is 0 Å². The van der Waals surface area contributed by atoms with E-state index in [0.717, 1.165) is 5.69 Å². The first-order valence-electron chi connectivity index (χ1n) is 4.60. The van der Waals surface area contributed by atoms with Crippen molar-refractivity contribution in [2.75, 3.05) is 0 Å². The number of hydrogen-bond acceptors (Lipinski definition) is 3. The third-order valence-electron chi connectivity index (χ3n) is 1.93. The van der Waals surface area contributed by atoms with E-state index in [2.05, 4.69) is 28.9 Å². The van der Waals surface area contributed by atoms with E-state index in [1.54, 1.807) is 12.5 Å². The molecule has 0 spiro atoms. The van der Waals surface area contributed by atoms with Gasteiger partial charge in [0.2, 0.25) is 0 Å². The molecule has 4 nitrogen and oxygen atoms in total. The Hall–Kier alpha value is -1.71. The van der Waals surface area contributed by atoms with Crippen LogP contribution >= 0.6 is 0 Å². The van der Waals surface area contributed by atoms with Gasteiger partial charge in [-0.15, -0.1) is 5.10 Å². The first-order chi connectivity index (χ1) is 6.77. The fourth-order valence-electron chi connectivity index (χ4n) is 1.14. The summed E-state index contributed by atoms with van der Waals surface area (Å²) in [6.07, 6.45) is 3.47. The molecule has 72 valence electrons. The Labute approximate surface area is 82.6 Å². The zero-order valence-electron chi connectivity index (χ0n) is 8.25. The van der Waals surface area contributed by atoms with Crippen LogP contribution in [-0.2, 0) is 0 Å². The summed E-state index contributed by atoms with van der Waals surface area (Å²) in [4.78, 5) is 8.38. The summed E-state index contributed by atoms with van der Waals surface area (Å²) in [6.45, 7) is 4.13. The van der Waals surface area contributed by atoms with E-state index < -0.39 is 0 Å². The van der Waals surface area contributed by atoms with Gasteiger partial charge in [0.1, 0.15) is 12.0 Å². The van der Waals surface area contributed by atoms with Crippen molar-refractivity contribution in [3.05, 3.63) is 30.7 Å². The minimum Gasteiger partial charge on any atom is -0.253 e. The van der Waals surface area contributed by atoms with E-state index in [1.165, 1.54) is 0 Å². The summed E-state index contributed by atoms with van der Waals surface area (Å²) in [6, 6.07) is 6.04.